The Balaban J connectivity index is 1.40. The van der Waals surface area contributed by atoms with Crippen LogP contribution in [0, 0.1) is 0 Å². The molecular weight excluding hydrogens is 395 g/mol. The Labute approximate surface area is 175 Å². The molecule has 0 unspecified atom stereocenters. The van der Waals surface area contributed by atoms with E-state index in [2.05, 4.69) is 22.0 Å². The van der Waals surface area contributed by atoms with Gasteiger partial charge in [-0.1, -0.05) is 24.3 Å². The van der Waals surface area contributed by atoms with Crippen LogP contribution >= 0.6 is 23.6 Å². The average molecular weight is 417 g/mol. The molecule has 0 amide bonds. The van der Waals surface area contributed by atoms with Crippen LogP contribution in [0.4, 0.5) is 0 Å². The van der Waals surface area contributed by atoms with Gasteiger partial charge in [-0.2, -0.15) is 0 Å². The van der Waals surface area contributed by atoms with Crippen molar-refractivity contribution >= 4 is 35.0 Å². The second-order valence-corrected chi connectivity index (χ2v) is 7.65. The van der Waals surface area contributed by atoms with Gasteiger partial charge in [-0.05, 0) is 12.2 Å². The number of hydrogen-bond donors (Lipinski definition) is 0. The molecule has 0 spiro atoms. The van der Waals surface area contributed by atoms with Gasteiger partial charge in [0.25, 0.3) is 0 Å². The number of hydrogen-bond acceptors (Lipinski definition) is 6. The zero-order valence-corrected chi connectivity index (χ0v) is 17.4. The summed E-state index contributed by atoms with van der Waals surface area (Å²) in [5.41, 5.74) is 3.85. The van der Waals surface area contributed by atoms with Gasteiger partial charge < -0.3 is 9.80 Å². The van der Waals surface area contributed by atoms with E-state index in [-0.39, 0.29) is 0 Å². The summed E-state index contributed by atoms with van der Waals surface area (Å²) in [6, 6.07) is 0. The second-order valence-electron chi connectivity index (χ2n) is 6.93. The zero-order valence-electron chi connectivity index (χ0n) is 15.9. The summed E-state index contributed by atoms with van der Waals surface area (Å²) in [5.74, 6) is 1.69. The number of rotatable bonds is 5. The number of likely N-dealkylation sites (N-methyl/N-ethyl adjacent to an activating group) is 2. The standard InChI is InChI=1S/C20H22Cl2N6/c1-25(19-13-27(21)17-9-5-3-7-15(17)23-19)11-12-26(2)20-14-28(22)18-10-6-4-8-16(18)24-20/h3-6,9-10,13-14H,7-8,11-12H2,1-2H3. The van der Waals surface area contributed by atoms with Crippen LogP contribution in [0.25, 0.3) is 0 Å². The summed E-state index contributed by atoms with van der Waals surface area (Å²) < 4.78 is 3.24. The highest BCUT2D eigenvalue weighted by molar-refractivity contribution is 6.20. The minimum absolute atomic E-state index is 0.770. The van der Waals surface area contributed by atoms with Crippen molar-refractivity contribution in [1.82, 2.24) is 18.6 Å². The monoisotopic (exact) mass is 416 g/mol. The van der Waals surface area contributed by atoms with Crippen molar-refractivity contribution in [1.29, 1.82) is 0 Å². The maximum Gasteiger partial charge on any atom is 0.146 e. The Hall–Kier alpha value is -2.44. The largest absolute Gasteiger partial charge is 0.357 e. The fourth-order valence-corrected chi connectivity index (χ4v) is 3.73. The highest BCUT2D eigenvalue weighted by Crippen LogP contribution is 2.27. The van der Waals surface area contributed by atoms with Crippen LogP contribution < -0.4 is 0 Å². The van der Waals surface area contributed by atoms with E-state index in [1.54, 1.807) is 8.84 Å². The van der Waals surface area contributed by atoms with Gasteiger partial charge in [0.05, 0.1) is 35.2 Å². The molecule has 0 radical (unpaired) electrons. The summed E-state index contributed by atoms with van der Waals surface area (Å²) in [5, 5.41) is 0. The fraction of sp³-hybridized carbons (Fsp3) is 0.300. The van der Waals surface area contributed by atoms with Gasteiger partial charge in [0.2, 0.25) is 0 Å². The van der Waals surface area contributed by atoms with Crippen molar-refractivity contribution in [3.05, 3.63) is 71.9 Å². The van der Waals surface area contributed by atoms with Crippen LogP contribution in [0.5, 0.6) is 0 Å². The molecule has 2 aliphatic carbocycles. The van der Waals surface area contributed by atoms with Gasteiger partial charge in [-0.3, -0.25) is 8.84 Å². The first-order chi connectivity index (χ1) is 13.5. The lowest BCUT2D eigenvalue weighted by molar-refractivity contribution is 0.321. The third-order valence-corrected chi connectivity index (χ3v) is 5.52. The Morgan fingerprint density at radius 2 is 1.25 bits per heavy atom. The molecule has 0 aromatic carbocycles. The first-order valence-corrected chi connectivity index (χ1v) is 9.86. The molecule has 2 aliphatic heterocycles. The average Bonchev–Trinajstić information content (AvgIpc) is 2.71. The van der Waals surface area contributed by atoms with Crippen LogP contribution in [-0.4, -0.2) is 57.2 Å². The van der Waals surface area contributed by atoms with Crippen molar-refractivity contribution < 1.29 is 0 Å². The Bertz CT molecular complexity index is 832. The lowest BCUT2D eigenvalue weighted by Gasteiger charge is -2.31. The fourth-order valence-electron chi connectivity index (χ4n) is 3.25. The molecule has 4 aliphatic rings. The van der Waals surface area contributed by atoms with E-state index in [1.165, 1.54) is 0 Å². The predicted molar refractivity (Wildman–Crippen MR) is 115 cm³/mol. The number of allylic oxidation sites excluding steroid dienone is 8. The Morgan fingerprint density at radius 1 is 0.821 bits per heavy atom. The summed E-state index contributed by atoms with van der Waals surface area (Å²) >= 11 is 12.7. The van der Waals surface area contributed by atoms with Crippen molar-refractivity contribution in [3.63, 3.8) is 0 Å². The Morgan fingerprint density at radius 3 is 1.68 bits per heavy atom. The van der Waals surface area contributed by atoms with Crippen molar-refractivity contribution in [2.45, 2.75) is 12.8 Å². The quantitative estimate of drug-likeness (QED) is 0.635. The maximum atomic E-state index is 6.37. The summed E-state index contributed by atoms with van der Waals surface area (Å²) in [7, 11) is 4.03. The number of nitrogens with zero attached hydrogens (tertiary/aromatic N) is 6. The minimum Gasteiger partial charge on any atom is -0.357 e. The van der Waals surface area contributed by atoms with E-state index < -0.39 is 0 Å². The van der Waals surface area contributed by atoms with Gasteiger partial charge in [-0.15, -0.1) is 0 Å². The molecule has 0 N–H and O–H groups in total. The third-order valence-electron chi connectivity index (χ3n) is 4.96. The van der Waals surface area contributed by atoms with E-state index in [0.29, 0.717) is 0 Å². The minimum atomic E-state index is 0.770. The molecule has 146 valence electrons. The van der Waals surface area contributed by atoms with E-state index in [4.69, 9.17) is 33.5 Å². The van der Waals surface area contributed by atoms with Gasteiger partial charge in [-0.25, -0.2) is 9.98 Å². The highest BCUT2D eigenvalue weighted by Gasteiger charge is 2.23. The van der Waals surface area contributed by atoms with E-state index in [1.807, 2.05) is 50.8 Å². The highest BCUT2D eigenvalue weighted by atomic mass is 35.5. The SMILES string of the molecule is CN(CCN(C)C1=CN(Cl)C2=CC=CCC2=N1)C1=CN(Cl)C2=CC=CCC2=N1. The molecule has 0 bridgehead atoms. The van der Waals surface area contributed by atoms with Gasteiger partial charge in [0.1, 0.15) is 11.6 Å². The zero-order chi connectivity index (χ0) is 19.7. The molecule has 0 aromatic rings. The van der Waals surface area contributed by atoms with Crippen LogP contribution in [0.15, 0.2) is 81.9 Å². The normalized spacial score (nSPS) is 20.3. The lowest BCUT2D eigenvalue weighted by Crippen LogP contribution is -2.33. The maximum absolute atomic E-state index is 6.37. The smallest absolute Gasteiger partial charge is 0.146 e. The summed E-state index contributed by atoms with van der Waals surface area (Å²) in [6.07, 6.45) is 17.4. The van der Waals surface area contributed by atoms with Crippen LogP contribution in [0.2, 0.25) is 0 Å². The molecular formula is C20H22Cl2N6. The van der Waals surface area contributed by atoms with Crippen LogP contribution in [0.3, 0.4) is 0 Å². The predicted octanol–water partition coefficient (Wildman–Crippen LogP) is 3.96. The van der Waals surface area contributed by atoms with Crippen LogP contribution in [-0.2, 0) is 0 Å². The van der Waals surface area contributed by atoms with Gasteiger partial charge in [0, 0.05) is 63.6 Å². The molecule has 0 saturated heterocycles. The second kappa shape index (κ2) is 7.89. The molecule has 0 atom stereocenters. The van der Waals surface area contributed by atoms with Gasteiger partial charge >= 0.3 is 0 Å². The van der Waals surface area contributed by atoms with E-state index in [0.717, 1.165) is 60.4 Å². The molecule has 2 heterocycles. The van der Waals surface area contributed by atoms with Crippen LogP contribution in [0.1, 0.15) is 12.8 Å². The number of fused-ring (bicyclic) bond motifs is 2. The summed E-state index contributed by atoms with van der Waals surface area (Å²) in [4.78, 5) is 13.7. The molecule has 0 aromatic heterocycles. The van der Waals surface area contributed by atoms with Crippen molar-refractivity contribution in [2.24, 2.45) is 9.98 Å². The van der Waals surface area contributed by atoms with Gasteiger partial charge in [0.15, 0.2) is 0 Å². The van der Waals surface area contributed by atoms with Crippen molar-refractivity contribution in [3.8, 4) is 0 Å². The summed E-state index contributed by atoms with van der Waals surface area (Å²) in [6.45, 7) is 1.54. The first-order valence-electron chi connectivity index (χ1n) is 9.18. The molecule has 0 saturated carbocycles. The van der Waals surface area contributed by atoms with Crippen molar-refractivity contribution in [2.75, 3.05) is 27.2 Å². The lowest BCUT2D eigenvalue weighted by atomic mass is 10.1. The topological polar surface area (TPSA) is 37.7 Å². The molecule has 4 rings (SSSR count). The number of aliphatic imine (C=N–C) groups is 2. The molecule has 0 fully saturated rings. The van der Waals surface area contributed by atoms with E-state index in [9.17, 15) is 0 Å². The molecule has 6 nitrogen and oxygen atoms in total. The van der Waals surface area contributed by atoms with E-state index >= 15 is 0 Å². The molecule has 8 heteroatoms. The third kappa shape index (κ3) is 3.75. The molecule has 28 heavy (non-hydrogen) atoms. The Kier molecular flexibility index (Phi) is 5.33. The number of halogens is 2. The first kappa shape index (κ1) is 18.9.